The molecule has 0 atom stereocenters. The summed E-state index contributed by atoms with van der Waals surface area (Å²) in [5.41, 5.74) is -1.07. The number of rotatable bonds is 10. The van der Waals surface area contributed by atoms with Gasteiger partial charge in [0.1, 0.15) is 11.1 Å². The van der Waals surface area contributed by atoms with Crippen LogP contribution in [0.25, 0.3) is 11.8 Å². The molecule has 240 valence electrons. The Morgan fingerprint density at radius 1 is 0.957 bits per heavy atom. The molecule has 5 N–H and O–H groups in total. The van der Waals surface area contributed by atoms with Gasteiger partial charge in [0, 0.05) is 24.7 Å². The molecule has 1 aromatic heterocycles. The van der Waals surface area contributed by atoms with Gasteiger partial charge in [-0.05, 0) is 61.9 Å². The van der Waals surface area contributed by atoms with E-state index in [1.807, 2.05) is 0 Å². The van der Waals surface area contributed by atoms with Crippen LogP contribution >= 0.6 is 0 Å². The Hall–Kier alpha value is -6.57. The molecule has 2 heterocycles. The van der Waals surface area contributed by atoms with Gasteiger partial charge in [-0.2, -0.15) is 0 Å². The lowest BCUT2D eigenvalue weighted by atomic mass is 10.1. The number of nitrogens with one attached hydrogen (secondary N) is 4. The molecule has 14 heteroatoms. The Morgan fingerprint density at radius 3 is 2.30 bits per heavy atom. The molecule has 0 spiro atoms. The average molecular weight is 639 g/mol. The van der Waals surface area contributed by atoms with E-state index in [1.165, 1.54) is 67.6 Å². The van der Waals surface area contributed by atoms with Crippen LogP contribution in [0.2, 0.25) is 0 Å². The van der Waals surface area contributed by atoms with Gasteiger partial charge in [0.05, 0.1) is 11.4 Å². The number of aromatic amines is 1. The fourth-order valence-electron chi connectivity index (χ4n) is 4.43. The van der Waals surface area contributed by atoms with Crippen LogP contribution in [-0.2, 0) is 19.2 Å². The van der Waals surface area contributed by atoms with E-state index in [9.17, 15) is 38.7 Å². The minimum Gasteiger partial charge on any atom is -0.494 e. The van der Waals surface area contributed by atoms with Crippen molar-refractivity contribution < 1.29 is 29.1 Å². The molecule has 47 heavy (non-hydrogen) atoms. The largest absolute Gasteiger partial charge is 0.494 e. The lowest BCUT2D eigenvalue weighted by Gasteiger charge is -2.26. The molecule has 1 saturated heterocycles. The van der Waals surface area contributed by atoms with E-state index in [-0.39, 0.29) is 40.7 Å². The van der Waals surface area contributed by atoms with Crippen LogP contribution in [0.3, 0.4) is 0 Å². The number of anilines is 3. The van der Waals surface area contributed by atoms with Crippen molar-refractivity contribution in [3.63, 3.8) is 0 Å². The number of allylic oxidation sites excluding steroid dienone is 5. The summed E-state index contributed by atoms with van der Waals surface area (Å²) < 4.78 is 0.782. The summed E-state index contributed by atoms with van der Waals surface area (Å²) in [5, 5.41) is 17.7. The van der Waals surface area contributed by atoms with Gasteiger partial charge in [0.15, 0.2) is 0 Å². The summed E-state index contributed by atoms with van der Waals surface area (Å²) in [6, 6.07) is 11.0. The summed E-state index contributed by atoms with van der Waals surface area (Å²) in [5.74, 6) is -3.17. The predicted molar refractivity (Wildman–Crippen MR) is 175 cm³/mol. The SMILES string of the molecule is C=CCCC(=O)Nc1cccc(N2C(=O)NC(=O)/C(=C\C=C(C)C=Cc3c(O)[nH]c(=O)n(-c4cccc(NC(C)=O)c4)c3=O)C2=O)c1. The minimum absolute atomic E-state index is 0.112. The number of barbiturate groups is 1. The number of aromatic hydroxyl groups is 1. The second-order valence-corrected chi connectivity index (χ2v) is 10.2. The first-order valence-corrected chi connectivity index (χ1v) is 14.1. The van der Waals surface area contributed by atoms with Crippen LogP contribution in [0, 0.1) is 0 Å². The maximum atomic E-state index is 13.3. The maximum absolute atomic E-state index is 13.3. The van der Waals surface area contributed by atoms with Crippen molar-refractivity contribution in [2.24, 2.45) is 0 Å². The average Bonchev–Trinajstić information content (AvgIpc) is 2.99. The number of hydrogen-bond acceptors (Lipinski definition) is 8. The molecule has 1 fully saturated rings. The number of aromatic nitrogens is 2. The number of hydrogen-bond donors (Lipinski definition) is 5. The summed E-state index contributed by atoms with van der Waals surface area (Å²) in [4.78, 5) is 90.8. The molecule has 6 amide bonds. The monoisotopic (exact) mass is 638 g/mol. The van der Waals surface area contributed by atoms with Crippen molar-refractivity contribution in [2.45, 2.75) is 26.7 Å². The smallest absolute Gasteiger partial charge is 0.335 e. The van der Waals surface area contributed by atoms with Gasteiger partial charge in [-0.3, -0.25) is 34.3 Å². The highest BCUT2D eigenvalue weighted by atomic mass is 16.3. The highest BCUT2D eigenvalue weighted by molar-refractivity contribution is 6.37. The molecule has 2 aromatic carbocycles. The molecule has 1 aliphatic heterocycles. The summed E-state index contributed by atoms with van der Waals surface area (Å²) in [7, 11) is 0. The highest BCUT2D eigenvalue weighted by Crippen LogP contribution is 2.24. The lowest BCUT2D eigenvalue weighted by Crippen LogP contribution is -2.54. The second-order valence-electron chi connectivity index (χ2n) is 10.2. The van der Waals surface area contributed by atoms with E-state index in [0.29, 0.717) is 23.4 Å². The topological polar surface area (TPSA) is 200 Å². The van der Waals surface area contributed by atoms with E-state index in [1.54, 1.807) is 25.1 Å². The number of amides is 6. The molecule has 4 rings (SSSR count). The number of carbonyl (C=O) groups excluding carboxylic acids is 5. The van der Waals surface area contributed by atoms with Gasteiger partial charge in [-0.15, -0.1) is 6.58 Å². The molecule has 0 saturated carbocycles. The highest BCUT2D eigenvalue weighted by Gasteiger charge is 2.36. The number of carbonyl (C=O) groups is 5. The van der Waals surface area contributed by atoms with Crippen molar-refractivity contribution in [1.82, 2.24) is 14.9 Å². The van der Waals surface area contributed by atoms with Crippen molar-refractivity contribution in [3.8, 4) is 11.6 Å². The van der Waals surface area contributed by atoms with Gasteiger partial charge >= 0.3 is 11.7 Å². The third-order valence-electron chi connectivity index (χ3n) is 6.63. The Bertz CT molecular complexity index is 2020. The van der Waals surface area contributed by atoms with Gasteiger partial charge in [-0.25, -0.2) is 19.1 Å². The molecule has 0 unspecified atom stereocenters. The van der Waals surface area contributed by atoms with E-state index >= 15 is 0 Å². The van der Waals surface area contributed by atoms with Gasteiger partial charge in [-0.1, -0.05) is 35.9 Å². The zero-order valence-corrected chi connectivity index (χ0v) is 25.3. The molecule has 0 bridgehead atoms. The minimum atomic E-state index is -0.972. The molecule has 0 aliphatic carbocycles. The first kappa shape index (κ1) is 33.3. The number of urea groups is 1. The van der Waals surface area contributed by atoms with Crippen LogP contribution < -0.4 is 32.1 Å². The zero-order chi connectivity index (χ0) is 34.2. The molecular weight excluding hydrogens is 608 g/mol. The number of imide groups is 2. The van der Waals surface area contributed by atoms with Crippen molar-refractivity contribution in [1.29, 1.82) is 0 Å². The van der Waals surface area contributed by atoms with Crippen LogP contribution in [0.1, 0.15) is 32.3 Å². The Morgan fingerprint density at radius 2 is 1.62 bits per heavy atom. The maximum Gasteiger partial charge on any atom is 0.335 e. The summed E-state index contributed by atoms with van der Waals surface area (Å²) in [6.07, 6.45) is 7.48. The van der Waals surface area contributed by atoms with Crippen molar-refractivity contribution >= 4 is 52.8 Å². The first-order chi connectivity index (χ1) is 22.4. The summed E-state index contributed by atoms with van der Waals surface area (Å²) in [6.45, 7) is 6.46. The van der Waals surface area contributed by atoms with Gasteiger partial charge < -0.3 is 15.7 Å². The van der Waals surface area contributed by atoms with E-state index in [4.69, 9.17) is 0 Å². The van der Waals surface area contributed by atoms with Gasteiger partial charge in [0.25, 0.3) is 17.4 Å². The first-order valence-electron chi connectivity index (χ1n) is 14.1. The second kappa shape index (κ2) is 14.5. The van der Waals surface area contributed by atoms with Crippen LogP contribution in [0.5, 0.6) is 5.88 Å². The van der Waals surface area contributed by atoms with E-state index < -0.39 is 35.0 Å². The van der Waals surface area contributed by atoms with Crippen LogP contribution in [0.4, 0.5) is 21.9 Å². The number of benzene rings is 2. The third kappa shape index (κ3) is 7.94. The standard InChI is InChI=1S/C33H30N6O8/c1-4-5-12-27(41)35-22-9-7-11-24(18-22)39-31(45)26(29(43)37-33(39)47)16-14-19(2)13-15-25-28(42)36-32(46)38(30(25)44)23-10-6-8-21(17-23)34-20(3)40/h4,6-11,13-18,42H,1,5,12H2,2-3H3,(H,34,40)(H,35,41)(H,36,46)(H,37,43,47)/b15-13?,19-14?,26-16+. The molecular formula is C33H30N6O8. The zero-order valence-electron chi connectivity index (χ0n) is 25.3. The van der Waals surface area contributed by atoms with E-state index in [0.717, 1.165) is 9.47 Å². The number of nitrogens with zero attached hydrogens (tertiary/aromatic N) is 2. The molecule has 3 aromatic rings. The fourth-order valence-corrected chi connectivity index (χ4v) is 4.43. The predicted octanol–water partition coefficient (Wildman–Crippen LogP) is 3.26. The van der Waals surface area contributed by atoms with Crippen molar-refractivity contribution in [3.05, 3.63) is 117 Å². The fraction of sp³-hybridized carbons (Fsp3) is 0.121. The Labute approximate surface area is 267 Å². The Kier molecular flexibility index (Phi) is 10.3. The third-order valence-corrected chi connectivity index (χ3v) is 6.63. The molecule has 14 nitrogen and oxygen atoms in total. The van der Waals surface area contributed by atoms with Gasteiger partial charge in [0.2, 0.25) is 17.7 Å². The van der Waals surface area contributed by atoms with Crippen LogP contribution in [0.15, 0.2) is 100 Å². The number of H-pyrrole nitrogens is 1. The summed E-state index contributed by atoms with van der Waals surface area (Å²) >= 11 is 0. The normalized spacial score (nSPS) is 14.3. The van der Waals surface area contributed by atoms with Crippen molar-refractivity contribution in [2.75, 3.05) is 15.5 Å². The molecule has 0 radical (unpaired) electrons. The van der Waals surface area contributed by atoms with Crippen LogP contribution in [-0.4, -0.2) is 44.3 Å². The van der Waals surface area contributed by atoms with E-state index in [2.05, 4.69) is 27.5 Å². The molecule has 1 aliphatic rings. The lowest BCUT2D eigenvalue weighted by molar-refractivity contribution is -0.123. The Balaban J connectivity index is 1.60. The quantitative estimate of drug-likeness (QED) is 0.0964.